The van der Waals surface area contributed by atoms with E-state index in [1.807, 2.05) is 6.92 Å². The Labute approximate surface area is 111 Å². The summed E-state index contributed by atoms with van der Waals surface area (Å²) in [6.07, 6.45) is 7.27. The fourth-order valence-corrected chi connectivity index (χ4v) is 4.08. The van der Waals surface area contributed by atoms with Crippen LogP contribution in [-0.4, -0.2) is 5.97 Å². The van der Waals surface area contributed by atoms with Crippen LogP contribution in [0.5, 0.6) is 0 Å². The molecule has 0 aliphatic heterocycles. The molecule has 2 aliphatic carbocycles. The van der Waals surface area contributed by atoms with Crippen LogP contribution >= 0.6 is 0 Å². The van der Waals surface area contributed by atoms with Gasteiger partial charge in [-0.15, -0.1) is 0 Å². The summed E-state index contributed by atoms with van der Waals surface area (Å²) in [5.41, 5.74) is 0.948. The van der Waals surface area contributed by atoms with Gasteiger partial charge in [-0.3, -0.25) is 4.79 Å². The minimum Gasteiger partial charge on any atom is -0.432 e. The lowest BCUT2D eigenvalue weighted by Gasteiger charge is -2.43. The molecule has 2 heteroatoms. The van der Waals surface area contributed by atoms with E-state index in [4.69, 9.17) is 4.74 Å². The van der Waals surface area contributed by atoms with Crippen LogP contribution in [0, 0.1) is 22.7 Å². The Morgan fingerprint density at radius 3 is 2.61 bits per heavy atom. The highest BCUT2D eigenvalue weighted by Gasteiger charge is 2.60. The second-order valence-corrected chi connectivity index (χ2v) is 7.13. The molecule has 0 spiro atoms. The van der Waals surface area contributed by atoms with E-state index in [1.165, 1.54) is 26.2 Å². The second kappa shape index (κ2) is 4.40. The van der Waals surface area contributed by atoms with E-state index >= 15 is 0 Å². The standard InChI is InChI=1S/C16H26O2/c1-11(18-12(2)17)6-7-14-15(3,4)9-8-13-10-16(13,14)5/h6,13-14H,7-10H2,1-5H3/b11-6-. The first-order valence-electron chi connectivity index (χ1n) is 7.11. The van der Waals surface area contributed by atoms with Crippen molar-refractivity contribution >= 4 is 5.97 Å². The van der Waals surface area contributed by atoms with E-state index in [0.717, 1.165) is 18.1 Å². The van der Waals surface area contributed by atoms with Gasteiger partial charge in [0.05, 0.1) is 0 Å². The number of allylic oxidation sites excluding steroid dienone is 2. The minimum atomic E-state index is -0.220. The molecule has 0 radical (unpaired) electrons. The lowest BCUT2D eigenvalue weighted by atomic mass is 9.62. The number of carbonyl (C=O) groups is 1. The molecule has 0 bridgehead atoms. The molecule has 2 nitrogen and oxygen atoms in total. The molecule has 0 aromatic carbocycles. The number of ether oxygens (including phenoxy) is 1. The maximum Gasteiger partial charge on any atom is 0.307 e. The van der Waals surface area contributed by atoms with Crippen molar-refractivity contribution in [3.63, 3.8) is 0 Å². The summed E-state index contributed by atoms with van der Waals surface area (Å²) in [6.45, 7) is 10.6. The molecule has 2 fully saturated rings. The molecule has 0 aromatic rings. The van der Waals surface area contributed by atoms with Gasteiger partial charge in [0.2, 0.25) is 0 Å². The first kappa shape index (κ1) is 13.6. The van der Waals surface area contributed by atoms with Crippen molar-refractivity contribution in [3.05, 3.63) is 11.8 Å². The summed E-state index contributed by atoms with van der Waals surface area (Å²) in [7, 11) is 0. The lowest BCUT2D eigenvalue weighted by molar-refractivity contribution is -0.136. The molecular weight excluding hydrogens is 224 g/mol. The fourth-order valence-electron chi connectivity index (χ4n) is 4.08. The van der Waals surface area contributed by atoms with Crippen molar-refractivity contribution in [2.24, 2.45) is 22.7 Å². The fraction of sp³-hybridized carbons (Fsp3) is 0.812. The van der Waals surface area contributed by atoms with Gasteiger partial charge < -0.3 is 4.74 Å². The van der Waals surface area contributed by atoms with Crippen molar-refractivity contribution in [1.82, 2.24) is 0 Å². The first-order chi connectivity index (χ1) is 8.25. The van der Waals surface area contributed by atoms with E-state index < -0.39 is 0 Å². The predicted molar refractivity (Wildman–Crippen MR) is 72.9 cm³/mol. The zero-order valence-corrected chi connectivity index (χ0v) is 12.4. The summed E-state index contributed by atoms with van der Waals surface area (Å²) in [5, 5.41) is 0. The quantitative estimate of drug-likeness (QED) is 0.551. The number of hydrogen-bond acceptors (Lipinski definition) is 2. The monoisotopic (exact) mass is 250 g/mol. The Kier molecular flexibility index (Phi) is 3.33. The van der Waals surface area contributed by atoms with Gasteiger partial charge in [-0.1, -0.05) is 20.8 Å². The van der Waals surface area contributed by atoms with Gasteiger partial charge in [-0.05, 0) is 61.3 Å². The average Bonchev–Trinajstić information content (AvgIpc) is 2.86. The Balaban J connectivity index is 2.04. The minimum absolute atomic E-state index is 0.220. The summed E-state index contributed by atoms with van der Waals surface area (Å²) in [4.78, 5) is 10.9. The number of carbonyl (C=O) groups excluding carboxylic acids is 1. The van der Waals surface area contributed by atoms with Crippen molar-refractivity contribution in [3.8, 4) is 0 Å². The Hall–Kier alpha value is -0.790. The molecule has 2 rings (SSSR count). The molecule has 0 amide bonds. The third-order valence-electron chi connectivity index (χ3n) is 5.28. The first-order valence-corrected chi connectivity index (χ1v) is 7.11. The van der Waals surface area contributed by atoms with E-state index in [0.29, 0.717) is 16.7 Å². The van der Waals surface area contributed by atoms with Gasteiger partial charge in [-0.25, -0.2) is 0 Å². The van der Waals surface area contributed by atoms with Crippen LogP contribution in [0.25, 0.3) is 0 Å². The number of fused-ring (bicyclic) bond motifs is 1. The van der Waals surface area contributed by atoms with Gasteiger partial charge in [0.25, 0.3) is 0 Å². The van der Waals surface area contributed by atoms with Crippen LogP contribution in [0.2, 0.25) is 0 Å². The number of rotatable bonds is 3. The Morgan fingerprint density at radius 1 is 1.33 bits per heavy atom. The highest BCUT2D eigenvalue weighted by atomic mass is 16.5. The van der Waals surface area contributed by atoms with Gasteiger partial charge >= 0.3 is 5.97 Å². The summed E-state index contributed by atoms with van der Waals surface area (Å²) in [5.74, 6) is 2.19. The van der Waals surface area contributed by atoms with E-state index in [1.54, 1.807) is 0 Å². The topological polar surface area (TPSA) is 26.3 Å². The lowest BCUT2D eigenvalue weighted by Crippen LogP contribution is -2.35. The molecule has 0 saturated heterocycles. The molecule has 3 atom stereocenters. The molecule has 18 heavy (non-hydrogen) atoms. The van der Waals surface area contributed by atoms with Crippen LogP contribution in [0.4, 0.5) is 0 Å². The zero-order chi connectivity index (χ0) is 13.6. The highest BCUT2D eigenvalue weighted by Crippen LogP contribution is 2.69. The van der Waals surface area contributed by atoms with Crippen molar-refractivity contribution in [2.75, 3.05) is 0 Å². The molecule has 0 aromatic heterocycles. The second-order valence-electron chi connectivity index (χ2n) is 7.13. The SMILES string of the molecule is CC(=O)O/C(C)=C\CC1C(C)(C)CCC2CC21C. The van der Waals surface area contributed by atoms with Crippen LogP contribution < -0.4 is 0 Å². The third-order valence-corrected chi connectivity index (χ3v) is 5.28. The van der Waals surface area contributed by atoms with Gasteiger partial charge in [0.15, 0.2) is 0 Å². The van der Waals surface area contributed by atoms with Gasteiger partial charge in [0, 0.05) is 6.92 Å². The number of esters is 1. The molecule has 2 aliphatic rings. The molecule has 0 N–H and O–H groups in total. The Morgan fingerprint density at radius 2 is 2.00 bits per heavy atom. The van der Waals surface area contributed by atoms with Crippen LogP contribution in [0.3, 0.4) is 0 Å². The van der Waals surface area contributed by atoms with E-state index in [2.05, 4.69) is 26.8 Å². The molecular formula is C16H26O2. The molecule has 3 unspecified atom stereocenters. The van der Waals surface area contributed by atoms with Gasteiger partial charge in [-0.2, -0.15) is 0 Å². The maximum atomic E-state index is 10.9. The van der Waals surface area contributed by atoms with Crippen LogP contribution in [0.1, 0.15) is 60.3 Å². The summed E-state index contributed by atoms with van der Waals surface area (Å²) < 4.78 is 5.11. The third kappa shape index (κ3) is 2.48. The predicted octanol–water partition coefficient (Wildman–Crippen LogP) is 4.31. The average molecular weight is 250 g/mol. The summed E-state index contributed by atoms with van der Waals surface area (Å²) >= 11 is 0. The van der Waals surface area contributed by atoms with Crippen LogP contribution in [0.15, 0.2) is 11.8 Å². The van der Waals surface area contributed by atoms with Crippen molar-refractivity contribution in [2.45, 2.75) is 60.3 Å². The van der Waals surface area contributed by atoms with Crippen LogP contribution in [-0.2, 0) is 9.53 Å². The van der Waals surface area contributed by atoms with Gasteiger partial charge in [0.1, 0.15) is 5.76 Å². The smallest absolute Gasteiger partial charge is 0.307 e. The zero-order valence-electron chi connectivity index (χ0n) is 12.4. The van der Waals surface area contributed by atoms with E-state index in [-0.39, 0.29) is 5.97 Å². The largest absolute Gasteiger partial charge is 0.432 e. The highest BCUT2D eigenvalue weighted by molar-refractivity contribution is 5.67. The Bertz CT molecular complexity index is 376. The van der Waals surface area contributed by atoms with Crippen molar-refractivity contribution < 1.29 is 9.53 Å². The maximum absolute atomic E-state index is 10.9. The number of hydrogen-bond donors (Lipinski definition) is 0. The van der Waals surface area contributed by atoms with Crippen molar-refractivity contribution in [1.29, 1.82) is 0 Å². The summed E-state index contributed by atoms with van der Waals surface area (Å²) in [6, 6.07) is 0. The normalized spacial score (nSPS) is 37.9. The molecule has 102 valence electrons. The molecule has 2 saturated carbocycles. The van der Waals surface area contributed by atoms with E-state index in [9.17, 15) is 4.79 Å². The molecule has 0 heterocycles.